The molecule has 1 aliphatic heterocycles. The van der Waals surface area contributed by atoms with Gasteiger partial charge >= 0.3 is 6.09 Å². The van der Waals surface area contributed by atoms with Crippen LogP contribution in [-0.4, -0.2) is 30.0 Å². The Hall–Kier alpha value is -2.62. The van der Waals surface area contributed by atoms with E-state index in [0.717, 1.165) is 6.42 Å². The molecule has 0 spiro atoms. The Balaban J connectivity index is 1.63. The molecule has 0 bridgehead atoms. The molecule has 112 valence electrons. The van der Waals surface area contributed by atoms with Crippen LogP contribution in [0.2, 0.25) is 0 Å². The first kappa shape index (κ1) is 14.3. The van der Waals surface area contributed by atoms with Crippen molar-refractivity contribution in [3.63, 3.8) is 0 Å². The maximum Gasteiger partial charge on any atom is 0.430 e. The molecule has 4 nitrogen and oxygen atoms in total. The summed E-state index contributed by atoms with van der Waals surface area (Å²) in [6.07, 6.45) is 2.84. The van der Waals surface area contributed by atoms with Crippen LogP contribution in [0, 0.1) is 0 Å². The number of hydrogen-bond donors (Lipinski definition) is 0. The fourth-order valence-electron chi connectivity index (χ4n) is 2.47. The van der Waals surface area contributed by atoms with Crippen LogP contribution in [0.25, 0.3) is 0 Å². The van der Waals surface area contributed by atoms with E-state index in [-0.39, 0.29) is 12.1 Å². The average Bonchev–Trinajstić information content (AvgIpc) is 2.90. The summed E-state index contributed by atoms with van der Waals surface area (Å²) < 4.78 is 5.13. The number of hydrazone groups is 1. The molecule has 0 unspecified atom stereocenters. The lowest BCUT2D eigenvalue weighted by atomic mass is 10.1. The van der Waals surface area contributed by atoms with Gasteiger partial charge in [0.25, 0.3) is 0 Å². The minimum absolute atomic E-state index is 0.0399. The summed E-state index contributed by atoms with van der Waals surface area (Å²) in [6, 6.07) is 20.1. The zero-order valence-corrected chi connectivity index (χ0v) is 12.3. The molecule has 1 heterocycles. The van der Waals surface area contributed by atoms with Gasteiger partial charge in [-0.05, 0) is 17.5 Å². The van der Waals surface area contributed by atoms with E-state index in [0.29, 0.717) is 13.0 Å². The van der Waals surface area contributed by atoms with E-state index < -0.39 is 0 Å². The molecule has 3 rings (SSSR count). The van der Waals surface area contributed by atoms with Crippen molar-refractivity contribution in [2.45, 2.75) is 18.9 Å². The van der Waals surface area contributed by atoms with E-state index in [4.69, 9.17) is 4.74 Å². The molecule has 1 aliphatic rings. The molecule has 1 fully saturated rings. The van der Waals surface area contributed by atoms with Crippen molar-refractivity contribution in [1.29, 1.82) is 0 Å². The van der Waals surface area contributed by atoms with E-state index in [1.165, 1.54) is 16.1 Å². The van der Waals surface area contributed by atoms with Crippen LogP contribution < -0.4 is 0 Å². The smallest absolute Gasteiger partial charge is 0.430 e. The van der Waals surface area contributed by atoms with Gasteiger partial charge in [-0.3, -0.25) is 0 Å². The van der Waals surface area contributed by atoms with Gasteiger partial charge in [0.15, 0.2) is 0 Å². The fraction of sp³-hybridized carbons (Fsp3) is 0.222. The standard InChI is InChI=1S/C18H18N2O2/c21-18-20(19-12-11-15-7-3-1-4-8-15)17(14-22-18)13-16-9-5-2-6-10-16/h1-10,12,17H,11,13-14H2/b19-12+/t17-/m1/s1. The van der Waals surface area contributed by atoms with Gasteiger partial charge in [-0.25, -0.2) is 4.79 Å². The molecule has 2 aromatic carbocycles. The Labute approximate surface area is 130 Å². The van der Waals surface area contributed by atoms with Crippen LogP contribution in [0.1, 0.15) is 11.1 Å². The maximum atomic E-state index is 11.8. The minimum atomic E-state index is -0.370. The molecule has 22 heavy (non-hydrogen) atoms. The quantitative estimate of drug-likeness (QED) is 0.794. The van der Waals surface area contributed by atoms with Gasteiger partial charge in [0.1, 0.15) is 6.61 Å². The summed E-state index contributed by atoms with van der Waals surface area (Å²) in [5, 5.41) is 5.77. The third-order valence-corrected chi connectivity index (χ3v) is 3.62. The van der Waals surface area contributed by atoms with Crippen LogP contribution in [-0.2, 0) is 17.6 Å². The van der Waals surface area contributed by atoms with Crippen molar-refractivity contribution < 1.29 is 9.53 Å². The highest BCUT2D eigenvalue weighted by atomic mass is 16.6. The number of amides is 1. The van der Waals surface area contributed by atoms with Crippen LogP contribution >= 0.6 is 0 Å². The number of carbonyl (C=O) groups is 1. The van der Waals surface area contributed by atoms with Crippen LogP contribution in [0.3, 0.4) is 0 Å². The molecule has 0 aliphatic carbocycles. The minimum Gasteiger partial charge on any atom is -0.446 e. The molecule has 0 N–H and O–H groups in total. The van der Waals surface area contributed by atoms with Gasteiger partial charge in [-0.2, -0.15) is 10.1 Å². The van der Waals surface area contributed by atoms with E-state index in [1.807, 2.05) is 48.5 Å². The highest BCUT2D eigenvalue weighted by Gasteiger charge is 2.32. The number of hydrogen-bond acceptors (Lipinski definition) is 3. The molecule has 1 saturated heterocycles. The lowest BCUT2D eigenvalue weighted by Crippen LogP contribution is -2.30. The molecule has 0 saturated carbocycles. The first-order valence-corrected chi connectivity index (χ1v) is 7.39. The van der Waals surface area contributed by atoms with E-state index >= 15 is 0 Å². The van der Waals surface area contributed by atoms with Crippen molar-refractivity contribution in [2.24, 2.45) is 5.10 Å². The highest BCUT2D eigenvalue weighted by molar-refractivity contribution is 5.72. The van der Waals surface area contributed by atoms with Gasteiger partial charge in [0.2, 0.25) is 0 Å². The van der Waals surface area contributed by atoms with Gasteiger partial charge in [0.05, 0.1) is 6.04 Å². The predicted molar refractivity (Wildman–Crippen MR) is 85.8 cm³/mol. The number of ether oxygens (including phenoxy) is 1. The molecule has 4 heteroatoms. The number of cyclic esters (lactones) is 1. The Bertz CT molecular complexity index is 641. The first-order valence-electron chi connectivity index (χ1n) is 7.39. The summed E-state index contributed by atoms with van der Waals surface area (Å²) in [6.45, 7) is 0.385. The SMILES string of the molecule is O=C1OC[C@@H](Cc2ccccc2)N1/N=C/Cc1ccccc1. The van der Waals surface area contributed by atoms with E-state index in [9.17, 15) is 4.79 Å². The average molecular weight is 294 g/mol. The van der Waals surface area contributed by atoms with E-state index in [1.54, 1.807) is 6.21 Å². The Morgan fingerprint density at radius 2 is 1.68 bits per heavy atom. The normalized spacial score (nSPS) is 17.9. The molecule has 0 radical (unpaired) electrons. The Morgan fingerprint density at radius 1 is 1.05 bits per heavy atom. The van der Waals surface area contributed by atoms with Crippen LogP contribution in [0.15, 0.2) is 65.8 Å². The van der Waals surface area contributed by atoms with Gasteiger partial charge in [-0.1, -0.05) is 60.7 Å². The largest absolute Gasteiger partial charge is 0.446 e. The monoisotopic (exact) mass is 294 g/mol. The van der Waals surface area contributed by atoms with E-state index in [2.05, 4.69) is 17.2 Å². The van der Waals surface area contributed by atoms with Crippen LogP contribution in [0.4, 0.5) is 4.79 Å². The zero-order chi connectivity index (χ0) is 15.2. The predicted octanol–water partition coefficient (Wildman–Crippen LogP) is 3.28. The summed E-state index contributed by atoms with van der Waals surface area (Å²) in [4.78, 5) is 11.8. The third-order valence-electron chi connectivity index (χ3n) is 3.62. The van der Waals surface area contributed by atoms with Gasteiger partial charge in [-0.15, -0.1) is 0 Å². The second-order valence-electron chi connectivity index (χ2n) is 5.25. The van der Waals surface area contributed by atoms with Crippen molar-refractivity contribution >= 4 is 12.3 Å². The number of carbonyl (C=O) groups excluding carboxylic acids is 1. The van der Waals surface area contributed by atoms with Crippen molar-refractivity contribution in [1.82, 2.24) is 5.01 Å². The second kappa shape index (κ2) is 6.89. The van der Waals surface area contributed by atoms with Gasteiger partial charge in [0, 0.05) is 12.6 Å². The van der Waals surface area contributed by atoms with Crippen molar-refractivity contribution in [3.8, 4) is 0 Å². The molecule has 2 aromatic rings. The topological polar surface area (TPSA) is 41.9 Å². The summed E-state index contributed by atoms with van der Waals surface area (Å²) in [5.74, 6) is 0. The van der Waals surface area contributed by atoms with Crippen molar-refractivity contribution in [2.75, 3.05) is 6.61 Å². The number of rotatable bonds is 5. The third kappa shape index (κ3) is 3.52. The summed E-state index contributed by atoms with van der Waals surface area (Å²) in [5.41, 5.74) is 2.34. The van der Waals surface area contributed by atoms with Crippen LogP contribution in [0.5, 0.6) is 0 Å². The molecule has 1 amide bonds. The highest BCUT2D eigenvalue weighted by Crippen LogP contribution is 2.17. The number of benzene rings is 2. The number of nitrogens with zero attached hydrogens (tertiary/aromatic N) is 2. The second-order valence-corrected chi connectivity index (χ2v) is 5.25. The molecular weight excluding hydrogens is 276 g/mol. The maximum absolute atomic E-state index is 11.8. The van der Waals surface area contributed by atoms with Crippen molar-refractivity contribution in [3.05, 3.63) is 71.8 Å². The zero-order valence-electron chi connectivity index (χ0n) is 12.3. The molecule has 1 atom stereocenters. The lowest BCUT2D eigenvalue weighted by Gasteiger charge is -2.15. The Kier molecular flexibility index (Phi) is 4.49. The first-order chi connectivity index (χ1) is 10.8. The van der Waals surface area contributed by atoms with Gasteiger partial charge < -0.3 is 4.74 Å². The fourth-order valence-corrected chi connectivity index (χ4v) is 2.47. The molecular formula is C18H18N2O2. The summed E-state index contributed by atoms with van der Waals surface area (Å²) >= 11 is 0. The lowest BCUT2D eigenvalue weighted by molar-refractivity contribution is 0.159. The summed E-state index contributed by atoms with van der Waals surface area (Å²) in [7, 11) is 0. The Morgan fingerprint density at radius 3 is 2.36 bits per heavy atom. The molecule has 0 aromatic heterocycles.